The van der Waals surface area contributed by atoms with Crippen LogP contribution in [0.2, 0.25) is 5.02 Å². The molecule has 2 unspecified atom stereocenters. The summed E-state index contributed by atoms with van der Waals surface area (Å²) in [6.45, 7) is 6.57. The van der Waals surface area contributed by atoms with Crippen LogP contribution < -0.4 is 11.1 Å². The quantitative estimate of drug-likeness (QED) is 0.371. The number of methoxy groups -OCH3 is 1. The molecule has 0 spiro atoms. The van der Waals surface area contributed by atoms with Crippen molar-refractivity contribution in [1.29, 1.82) is 0 Å². The van der Waals surface area contributed by atoms with Gasteiger partial charge in [0.2, 0.25) is 10.0 Å². The molecule has 2 aromatic rings. The number of ether oxygens (including phenoxy) is 2. The van der Waals surface area contributed by atoms with Crippen molar-refractivity contribution in [1.82, 2.24) is 29.3 Å². The second kappa shape index (κ2) is 15.0. The van der Waals surface area contributed by atoms with Crippen LogP contribution in [0, 0.1) is 0 Å². The topological polar surface area (TPSA) is 151 Å². The number of hydrogen-bond donors (Lipinski definition) is 2. The Morgan fingerprint density at radius 1 is 1.16 bits per heavy atom. The highest BCUT2D eigenvalue weighted by Gasteiger charge is 2.51. The summed E-state index contributed by atoms with van der Waals surface area (Å²) in [5.74, 6) is -0.229. The summed E-state index contributed by atoms with van der Waals surface area (Å²) in [6, 6.07) is 8.66. The lowest BCUT2D eigenvalue weighted by Crippen LogP contribution is -2.51. The van der Waals surface area contributed by atoms with Crippen molar-refractivity contribution in [3.63, 3.8) is 0 Å². The minimum Gasteiger partial charge on any atom is -0.446 e. The number of carbonyl (C=O) groups is 2. The normalized spacial score (nSPS) is 21.7. The van der Waals surface area contributed by atoms with Gasteiger partial charge in [-0.2, -0.15) is 0 Å². The number of carbonyl (C=O) groups excluding carboxylic acids is 2. The molecule has 2 saturated heterocycles. The molecule has 2 amide bonds. The predicted octanol–water partition coefficient (Wildman–Crippen LogP) is 3.40. The standard InChI is InChI=1S/C36H46ClN7O6S/c1-5-41(2)30(23-38)32(40-34(45)36(49-3)12-13-36)29-21-24-7-6-14-39-31(24)33(27-9-8-25(37)22-28(27)29)42-17-19-43(20-18-42)35(46)50-26-10-15-44(16-11-26)51(4,47)48/h5-9,14,21-23,26,32-33H,1,10-13,15-20,38H2,2-4H3,(H,40,45)/b30-23-. The molecule has 274 valence electrons. The number of aromatic nitrogens is 1. The minimum absolute atomic E-state index is 0.229. The van der Waals surface area contributed by atoms with Crippen LogP contribution in [-0.2, 0) is 24.3 Å². The fourth-order valence-electron chi connectivity index (χ4n) is 7.19. The van der Waals surface area contributed by atoms with Gasteiger partial charge in [0.25, 0.3) is 5.91 Å². The Hall–Kier alpha value is -3.95. The van der Waals surface area contributed by atoms with Gasteiger partial charge >= 0.3 is 6.09 Å². The lowest BCUT2D eigenvalue weighted by atomic mass is 9.89. The van der Waals surface area contributed by atoms with E-state index in [2.05, 4.69) is 16.8 Å². The monoisotopic (exact) mass is 739 g/mol. The number of amides is 2. The Morgan fingerprint density at radius 2 is 1.86 bits per heavy atom. The molecule has 0 bridgehead atoms. The lowest BCUT2D eigenvalue weighted by Gasteiger charge is -2.40. The number of piperidine rings is 1. The first-order valence-electron chi connectivity index (χ1n) is 17.1. The van der Waals surface area contributed by atoms with Crippen molar-refractivity contribution in [2.75, 3.05) is 59.7 Å². The van der Waals surface area contributed by atoms with E-state index in [1.54, 1.807) is 29.3 Å². The number of halogens is 1. The molecule has 15 heteroatoms. The molecule has 51 heavy (non-hydrogen) atoms. The molecule has 3 fully saturated rings. The molecule has 3 heterocycles. The van der Waals surface area contributed by atoms with Crippen molar-refractivity contribution >= 4 is 45.3 Å². The van der Waals surface area contributed by atoms with E-state index in [1.165, 1.54) is 16.8 Å². The Kier molecular flexibility index (Phi) is 10.8. The smallest absolute Gasteiger partial charge is 0.410 e. The van der Waals surface area contributed by atoms with E-state index in [0.717, 1.165) is 28.0 Å². The maximum Gasteiger partial charge on any atom is 0.410 e. The maximum absolute atomic E-state index is 13.7. The van der Waals surface area contributed by atoms with E-state index < -0.39 is 27.8 Å². The number of hydrogen-bond acceptors (Lipinski definition) is 10. The van der Waals surface area contributed by atoms with Crippen LogP contribution in [-0.4, -0.2) is 122 Å². The summed E-state index contributed by atoms with van der Waals surface area (Å²) in [4.78, 5) is 37.7. The zero-order valence-electron chi connectivity index (χ0n) is 29.3. The molecule has 6 rings (SSSR count). The third kappa shape index (κ3) is 7.65. The average molecular weight is 740 g/mol. The zero-order chi connectivity index (χ0) is 36.5. The van der Waals surface area contributed by atoms with Gasteiger partial charge in [0, 0.05) is 70.8 Å². The zero-order valence-corrected chi connectivity index (χ0v) is 30.8. The van der Waals surface area contributed by atoms with Gasteiger partial charge in [-0.3, -0.25) is 14.7 Å². The molecule has 1 saturated carbocycles. The summed E-state index contributed by atoms with van der Waals surface area (Å²) in [6.07, 6.45) is 9.59. The van der Waals surface area contributed by atoms with Gasteiger partial charge in [-0.1, -0.05) is 30.3 Å². The molecule has 2 atom stereocenters. The van der Waals surface area contributed by atoms with Gasteiger partial charge in [0.05, 0.1) is 29.7 Å². The highest BCUT2D eigenvalue weighted by atomic mass is 35.5. The fourth-order valence-corrected chi connectivity index (χ4v) is 8.24. The Balaban J connectivity index is 1.29. The number of piperazine rings is 1. The second-order valence-electron chi connectivity index (χ2n) is 13.5. The van der Waals surface area contributed by atoms with Crippen molar-refractivity contribution in [3.8, 4) is 0 Å². The molecule has 13 nitrogen and oxygen atoms in total. The second-order valence-corrected chi connectivity index (χ2v) is 15.9. The Bertz CT molecular complexity index is 1830. The van der Waals surface area contributed by atoms with Crippen molar-refractivity contribution < 1.29 is 27.5 Å². The first kappa shape index (κ1) is 36.8. The largest absolute Gasteiger partial charge is 0.446 e. The van der Waals surface area contributed by atoms with E-state index in [-0.39, 0.29) is 18.1 Å². The first-order chi connectivity index (χ1) is 24.4. The molecule has 2 aliphatic carbocycles. The third-order valence-corrected chi connectivity index (χ3v) is 11.9. The summed E-state index contributed by atoms with van der Waals surface area (Å²) in [5.41, 5.74) is 10.2. The van der Waals surface area contributed by atoms with Crippen molar-refractivity contribution in [2.24, 2.45) is 5.73 Å². The van der Waals surface area contributed by atoms with Gasteiger partial charge in [0.1, 0.15) is 11.7 Å². The molecule has 3 N–H and O–H groups in total. The van der Waals surface area contributed by atoms with Crippen molar-refractivity contribution in [2.45, 2.75) is 49.5 Å². The van der Waals surface area contributed by atoms with Gasteiger partial charge in [-0.05, 0) is 78.4 Å². The average Bonchev–Trinajstić information content (AvgIpc) is 3.95. The van der Waals surface area contributed by atoms with Crippen molar-refractivity contribution in [3.05, 3.63) is 88.6 Å². The van der Waals surface area contributed by atoms with Gasteiger partial charge < -0.3 is 30.3 Å². The maximum atomic E-state index is 13.7. The van der Waals surface area contributed by atoms with E-state index in [1.807, 2.05) is 43.5 Å². The van der Waals surface area contributed by atoms with Gasteiger partial charge in [-0.25, -0.2) is 17.5 Å². The van der Waals surface area contributed by atoms with Crippen LogP contribution >= 0.6 is 11.6 Å². The number of rotatable bonds is 10. The van der Waals surface area contributed by atoms with Crippen LogP contribution in [0.3, 0.4) is 0 Å². The number of nitrogens with zero attached hydrogens (tertiary/aromatic N) is 5. The minimum atomic E-state index is -3.27. The van der Waals surface area contributed by atoms with Gasteiger partial charge in [-0.15, -0.1) is 0 Å². The summed E-state index contributed by atoms with van der Waals surface area (Å²) < 4.78 is 36.7. The van der Waals surface area contributed by atoms with E-state index in [9.17, 15) is 18.0 Å². The van der Waals surface area contributed by atoms with Crippen LogP contribution in [0.15, 0.2) is 61.2 Å². The number of pyridine rings is 1. The van der Waals surface area contributed by atoms with Crippen LogP contribution in [0.5, 0.6) is 0 Å². The first-order valence-corrected chi connectivity index (χ1v) is 19.4. The van der Waals surface area contributed by atoms with Crippen LogP contribution in [0.1, 0.15) is 54.1 Å². The number of fused-ring (bicyclic) bond motifs is 2. The molecule has 1 aromatic heterocycles. The SMILES string of the molecule is C=CN(C)/C(=C\N)C(NC(=O)C1(OC)CC1)C1=Cc2cccnc2C(N2CCN(C(=O)OC3CCN(S(C)(=O)=O)CC3)CC2)c2ccc(Cl)cc21. The van der Waals surface area contributed by atoms with Crippen LogP contribution in [0.4, 0.5) is 4.79 Å². The molecule has 0 radical (unpaired) electrons. The van der Waals surface area contributed by atoms with Gasteiger partial charge in [0.15, 0.2) is 0 Å². The lowest BCUT2D eigenvalue weighted by molar-refractivity contribution is -0.133. The van der Waals surface area contributed by atoms with E-state index >= 15 is 0 Å². The fraction of sp³-hybridized carbons (Fsp3) is 0.472. The number of sulfonamides is 1. The molecule has 2 aliphatic heterocycles. The summed E-state index contributed by atoms with van der Waals surface area (Å²) in [5, 5.41) is 3.77. The number of benzene rings is 1. The predicted molar refractivity (Wildman–Crippen MR) is 196 cm³/mol. The molecular formula is C36H46ClN7O6S. The highest BCUT2D eigenvalue weighted by molar-refractivity contribution is 7.88. The number of likely N-dealkylation sites (N-methyl/N-ethyl adjacent to an activating group) is 1. The van der Waals surface area contributed by atoms with E-state index in [0.29, 0.717) is 75.7 Å². The molecule has 1 aromatic carbocycles. The number of nitrogens with one attached hydrogen (secondary N) is 1. The number of nitrogens with two attached hydrogens (primary N) is 1. The third-order valence-electron chi connectivity index (χ3n) is 10.4. The highest BCUT2D eigenvalue weighted by Crippen LogP contribution is 2.44. The van der Waals surface area contributed by atoms with Crippen LogP contribution in [0.25, 0.3) is 11.6 Å². The summed E-state index contributed by atoms with van der Waals surface area (Å²) >= 11 is 6.70. The Labute approximate surface area is 304 Å². The Morgan fingerprint density at radius 3 is 2.47 bits per heavy atom. The molecule has 4 aliphatic rings. The summed E-state index contributed by atoms with van der Waals surface area (Å²) in [7, 11) is 0.105. The molecular weight excluding hydrogens is 694 g/mol. The van der Waals surface area contributed by atoms with E-state index in [4.69, 9.17) is 31.8 Å².